The second-order valence-corrected chi connectivity index (χ2v) is 3.04. The molecule has 12 heavy (non-hydrogen) atoms. The summed E-state index contributed by atoms with van der Waals surface area (Å²) in [5.74, 6) is 0.290. The molecule has 1 rings (SSSR count). The summed E-state index contributed by atoms with van der Waals surface area (Å²) in [6.45, 7) is 5.77. The number of amides is 1. The summed E-state index contributed by atoms with van der Waals surface area (Å²) in [6, 6.07) is 0. The van der Waals surface area contributed by atoms with Crippen molar-refractivity contribution in [1.82, 2.24) is 9.80 Å². The van der Waals surface area contributed by atoms with Crippen molar-refractivity contribution in [3.8, 4) is 0 Å². The summed E-state index contributed by atoms with van der Waals surface area (Å²) in [5.41, 5.74) is 0. The minimum absolute atomic E-state index is 0. The molecule has 0 atom stereocenters. The number of rotatable bonds is 1. The molecular weight excluding hydrogens is 152 g/mol. The van der Waals surface area contributed by atoms with Gasteiger partial charge >= 0.3 is 0 Å². The molecule has 0 bridgehead atoms. The largest absolute Gasteiger partial charge is 0.340 e. The summed E-state index contributed by atoms with van der Waals surface area (Å²) >= 11 is 0. The van der Waals surface area contributed by atoms with Crippen LogP contribution in [0.4, 0.5) is 0 Å². The first-order chi connectivity index (χ1) is 5.24. The van der Waals surface area contributed by atoms with Gasteiger partial charge in [-0.05, 0) is 7.05 Å². The monoisotopic (exact) mass is 172 g/mol. The average molecular weight is 172 g/mol. The molecule has 0 aromatic carbocycles. The molecule has 72 valence electrons. The fraction of sp³-hybridized carbons (Fsp3) is 0.889. The molecule has 0 saturated carbocycles. The van der Waals surface area contributed by atoms with E-state index in [1.807, 2.05) is 11.8 Å². The van der Waals surface area contributed by atoms with E-state index < -0.39 is 0 Å². The van der Waals surface area contributed by atoms with E-state index in [1.54, 1.807) is 0 Å². The Balaban J connectivity index is 0.00000121. The zero-order valence-electron chi connectivity index (χ0n) is 7.34. The normalized spacial score (nSPS) is 18.7. The van der Waals surface area contributed by atoms with Crippen LogP contribution in [0.25, 0.3) is 0 Å². The van der Waals surface area contributed by atoms with E-state index in [0.29, 0.717) is 6.42 Å². The van der Waals surface area contributed by atoms with Crippen LogP contribution in [-0.4, -0.2) is 48.9 Å². The lowest BCUT2D eigenvalue weighted by atomic mass is 10.3. The van der Waals surface area contributed by atoms with Crippen LogP contribution >= 0.6 is 0 Å². The van der Waals surface area contributed by atoms with Crippen molar-refractivity contribution in [2.75, 3.05) is 33.2 Å². The molecule has 0 N–H and O–H groups in total. The minimum atomic E-state index is 0. The Morgan fingerprint density at radius 1 is 1.25 bits per heavy atom. The Kier molecular flexibility index (Phi) is 4.90. The maximum Gasteiger partial charge on any atom is 0.222 e. The Bertz CT molecular complexity index is 139. The van der Waals surface area contributed by atoms with Crippen molar-refractivity contribution in [3.63, 3.8) is 0 Å². The highest BCUT2D eigenvalue weighted by atomic mass is 16.2. The lowest BCUT2D eigenvalue weighted by molar-refractivity contribution is -0.132. The SMILES string of the molecule is C.CCC(=O)N1CCN(C)CC1. The van der Waals surface area contributed by atoms with Crippen molar-refractivity contribution >= 4 is 5.91 Å². The van der Waals surface area contributed by atoms with Crippen molar-refractivity contribution in [3.05, 3.63) is 0 Å². The van der Waals surface area contributed by atoms with E-state index in [-0.39, 0.29) is 13.3 Å². The van der Waals surface area contributed by atoms with Crippen LogP contribution in [0.15, 0.2) is 0 Å². The van der Waals surface area contributed by atoms with Crippen LogP contribution in [0, 0.1) is 0 Å². The molecular formula is C9H20N2O. The molecule has 0 radical (unpaired) electrons. The number of nitrogens with zero attached hydrogens (tertiary/aromatic N) is 2. The van der Waals surface area contributed by atoms with Gasteiger partial charge in [-0.2, -0.15) is 0 Å². The second-order valence-electron chi connectivity index (χ2n) is 3.04. The summed E-state index contributed by atoms with van der Waals surface area (Å²) in [5, 5.41) is 0. The molecule has 0 spiro atoms. The van der Waals surface area contributed by atoms with Crippen LogP contribution in [0.3, 0.4) is 0 Å². The first-order valence-electron chi connectivity index (χ1n) is 4.20. The van der Waals surface area contributed by atoms with Gasteiger partial charge in [-0.15, -0.1) is 0 Å². The Morgan fingerprint density at radius 3 is 2.17 bits per heavy atom. The molecule has 0 aromatic heterocycles. The molecule has 0 aliphatic carbocycles. The topological polar surface area (TPSA) is 23.6 Å². The third-order valence-corrected chi connectivity index (χ3v) is 2.16. The van der Waals surface area contributed by atoms with Crippen LogP contribution in [0.1, 0.15) is 20.8 Å². The number of piperazine rings is 1. The molecule has 0 aromatic rings. The molecule has 1 aliphatic heterocycles. The standard InChI is InChI=1S/C8H16N2O.CH4/c1-3-8(11)10-6-4-9(2)5-7-10;/h3-7H2,1-2H3;1H4. The Hall–Kier alpha value is -0.570. The van der Waals surface area contributed by atoms with Crippen LogP contribution in [0.2, 0.25) is 0 Å². The van der Waals surface area contributed by atoms with Gasteiger partial charge in [-0.25, -0.2) is 0 Å². The Labute approximate surface area is 75.3 Å². The second kappa shape index (κ2) is 5.14. The highest BCUT2D eigenvalue weighted by Crippen LogP contribution is 2.00. The van der Waals surface area contributed by atoms with Gasteiger partial charge in [0, 0.05) is 32.6 Å². The first kappa shape index (κ1) is 11.4. The van der Waals surface area contributed by atoms with Gasteiger partial charge in [0.1, 0.15) is 0 Å². The van der Waals surface area contributed by atoms with Crippen molar-refractivity contribution < 1.29 is 4.79 Å². The molecule has 3 heteroatoms. The first-order valence-corrected chi connectivity index (χ1v) is 4.20. The third-order valence-electron chi connectivity index (χ3n) is 2.16. The van der Waals surface area contributed by atoms with E-state index in [0.717, 1.165) is 26.2 Å². The van der Waals surface area contributed by atoms with Crippen LogP contribution in [0.5, 0.6) is 0 Å². The van der Waals surface area contributed by atoms with Gasteiger partial charge in [0.15, 0.2) is 0 Å². The van der Waals surface area contributed by atoms with Gasteiger partial charge in [0.2, 0.25) is 5.91 Å². The summed E-state index contributed by atoms with van der Waals surface area (Å²) < 4.78 is 0. The van der Waals surface area contributed by atoms with E-state index in [9.17, 15) is 4.79 Å². The van der Waals surface area contributed by atoms with Crippen LogP contribution in [-0.2, 0) is 4.79 Å². The lowest BCUT2D eigenvalue weighted by Gasteiger charge is -2.32. The van der Waals surface area contributed by atoms with Gasteiger partial charge < -0.3 is 9.80 Å². The number of hydrogen-bond donors (Lipinski definition) is 0. The smallest absolute Gasteiger partial charge is 0.222 e. The van der Waals surface area contributed by atoms with Gasteiger partial charge in [-0.1, -0.05) is 14.4 Å². The van der Waals surface area contributed by atoms with Gasteiger partial charge in [-0.3, -0.25) is 4.79 Å². The summed E-state index contributed by atoms with van der Waals surface area (Å²) in [4.78, 5) is 15.4. The van der Waals surface area contributed by atoms with Crippen molar-refractivity contribution in [2.24, 2.45) is 0 Å². The fourth-order valence-electron chi connectivity index (χ4n) is 1.28. The van der Waals surface area contributed by atoms with Gasteiger partial charge in [0.05, 0.1) is 0 Å². The quantitative estimate of drug-likeness (QED) is 0.584. The van der Waals surface area contributed by atoms with E-state index in [4.69, 9.17) is 0 Å². The minimum Gasteiger partial charge on any atom is -0.340 e. The predicted molar refractivity (Wildman–Crippen MR) is 51.1 cm³/mol. The maximum atomic E-state index is 11.2. The van der Waals surface area contributed by atoms with Gasteiger partial charge in [0.25, 0.3) is 0 Å². The number of hydrogen-bond acceptors (Lipinski definition) is 2. The molecule has 1 aliphatic rings. The predicted octanol–water partition coefficient (Wildman–Crippen LogP) is 0.806. The molecule has 3 nitrogen and oxygen atoms in total. The summed E-state index contributed by atoms with van der Waals surface area (Å²) in [7, 11) is 2.09. The molecule has 1 fully saturated rings. The maximum absolute atomic E-state index is 11.2. The number of carbonyl (C=O) groups is 1. The van der Waals surface area contributed by atoms with E-state index in [2.05, 4.69) is 11.9 Å². The molecule has 1 saturated heterocycles. The average Bonchev–Trinajstić information content (AvgIpc) is 2.05. The lowest BCUT2D eigenvalue weighted by Crippen LogP contribution is -2.46. The molecule has 1 amide bonds. The number of carbonyl (C=O) groups excluding carboxylic acids is 1. The van der Waals surface area contributed by atoms with E-state index in [1.165, 1.54) is 0 Å². The highest BCUT2D eigenvalue weighted by Gasteiger charge is 2.16. The third kappa shape index (κ3) is 2.81. The zero-order valence-corrected chi connectivity index (χ0v) is 7.34. The van der Waals surface area contributed by atoms with Crippen molar-refractivity contribution in [2.45, 2.75) is 20.8 Å². The van der Waals surface area contributed by atoms with Crippen LogP contribution < -0.4 is 0 Å². The zero-order chi connectivity index (χ0) is 8.27. The fourth-order valence-corrected chi connectivity index (χ4v) is 1.28. The molecule has 1 heterocycles. The Morgan fingerprint density at radius 2 is 1.75 bits per heavy atom. The summed E-state index contributed by atoms with van der Waals surface area (Å²) in [6.07, 6.45) is 0.643. The van der Waals surface area contributed by atoms with E-state index >= 15 is 0 Å². The molecule has 0 unspecified atom stereocenters. The highest BCUT2D eigenvalue weighted by molar-refractivity contribution is 5.75. The number of likely N-dealkylation sites (N-methyl/N-ethyl adjacent to an activating group) is 1. The van der Waals surface area contributed by atoms with Crippen molar-refractivity contribution in [1.29, 1.82) is 0 Å².